The van der Waals surface area contributed by atoms with Crippen molar-refractivity contribution in [2.24, 2.45) is 0 Å². The van der Waals surface area contributed by atoms with Gasteiger partial charge in [0.2, 0.25) is 0 Å². The molecule has 0 amide bonds. The molecule has 0 aliphatic carbocycles. The molecule has 0 fully saturated rings. The van der Waals surface area contributed by atoms with Crippen molar-refractivity contribution in [3.8, 4) is 0 Å². The summed E-state index contributed by atoms with van der Waals surface area (Å²) in [6, 6.07) is 0. The van der Waals surface area contributed by atoms with Crippen molar-refractivity contribution >= 4 is 5.82 Å². The zero-order valence-electron chi connectivity index (χ0n) is 8.80. The normalized spacial score (nSPS) is 10.7. The van der Waals surface area contributed by atoms with Crippen LogP contribution in [0, 0.1) is 6.92 Å². The maximum atomic E-state index is 5.96. The molecule has 3 nitrogen and oxygen atoms in total. The minimum Gasteiger partial charge on any atom is -0.384 e. The molecule has 1 rings (SSSR count). The smallest absolute Gasteiger partial charge is 0.126 e. The lowest BCUT2D eigenvalue weighted by Gasteiger charge is -2.02. The first-order valence-electron chi connectivity index (χ1n) is 5.02. The highest BCUT2D eigenvalue weighted by atomic mass is 15.1. The van der Waals surface area contributed by atoms with E-state index in [2.05, 4.69) is 23.4 Å². The second kappa shape index (κ2) is 4.30. The van der Waals surface area contributed by atoms with Gasteiger partial charge in [0.25, 0.3) is 0 Å². The van der Waals surface area contributed by atoms with Gasteiger partial charge in [-0.1, -0.05) is 13.3 Å². The van der Waals surface area contributed by atoms with Gasteiger partial charge in [0, 0.05) is 6.54 Å². The van der Waals surface area contributed by atoms with Gasteiger partial charge in [-0.25, -0.2) is 4.98 Å². The van der Waals surface area contributed by atoms with Crippen molar-refractivity contribution in [3.05, 3.63) is 11.5 Å². The van der Waals surface area contributed by atoms with E-state index >= 15 is 0 Å². The highest BCUT2D eigenvalue weighted by Gasteiger charge is 2.08. The first-order valence-corrected chi connectivity index (χ1v) is 5.02. The molecule has 2 N–H and O–H groups in total. The number of imidazole rings is 1. The summed E-state index contributed by atoms with van der Waals surface area (Å²) >= 11 is 0. The molecule has 0 aromatic carbocycles. The third-order valence-electron chi connectivity index (χ3n) is 2.36. The van der Waals surface area contributed by atoms with Crippen LogP contribution in [-0.2, 0) is 13.0 Å². The zero-order chi connectivity index (χ0) is 9.84. The second-order valence-corrected chi connectivity index (χ2v) is 3.34. The van der Waals surface area contributed by atoms with Crippen LogP contribution >= 0.6 is 0 Å². The number of rotatable bonds is 4. The standard InChI is InChI=1S/C10H19N3/c1-4-6-7-9-10(11)13(5-2)8(3)12-9/h4-7,11H2,1-3H3. The van der Waals surface area contributed by atoms with Crippen LogP contribution in [0.2, 0.25) is 0 Å². The number of unbranched alkanes of at least 4 members (excludes halogenated alkanes) is 1. The number of anilines is 1. The fourth-order valence-electron chi connectivity index (χ4n) is 1.57. The van der Waals surface area contributed by atoms with Gasteiger partial charge in [0.1, 0.15) is 11.6 Å². The summed E-state index contributed by atoms with van der Waals surface area (Å²) in [4.78, 5) is 4.46. The molecule has 3 heteroatoms. The average Bonchev–Trinajstić information content (AvgIpc) is 2.38. The summed E-state index contributed by atoms with van der Waals surface area (Å²) in [5.74, 6) is 1.89. The van der Waals surface area contributed by atoms with Crippen molar-refractivity contribution in [2.75, 3.05) is 5.73 Å². The van der Waals surface area contributed by atoms with Gasteiger partial charge >= 0.3 is 0 Å². The molecule has 1 heterocycles. The molecule has 74 valence electrons. The van der Waals surface area contributed by atoms with E-state index in [1.54, 1.807) is 0 Å². The lowest BCUT2D eigenvalue weighted by molar-refractivity contribution is 0.739. The molecule has 1 aromatic rings. The van der Waals surface area contributed by atoms with Crippen LogP contribution in [0.25, 0.3) is 0 Å². The maximum absolute atomic E-state index is 5.96. The molecular weight excluding hydrogens is 162 g/mol. The van der Waals surface area contributed by atoms with Crippen LogP contribution in [0.3, 0.4) is 0 Å². The van der Waals surface area contributed by atoms with Crippen molar-refractivity contribution in [1.29, 1.82) is 0 Å². The van der Waals surface area contributed by atoms with Crippen LogP contribution in [0.5, 0.6) is 0 Å². The van der Waals surface area contributed by atoms with Gasteiger partial charge in [-0.2, -0.15) is 0 Å². The van der Waals surface area contributed by atoms with Gasteiger partial charge in [-0.05, 0) is 26.7 Å². The number of hydrogen-bond acceptors (Lipinski definition) is 2. The predicted octanol–water partition coefficient (Wildman–Crippen LogP) is 2.14. The summed E-state index contributed by atoms with van der Waals surface area (Å²) < 4.78 is 2.06. The molecule has 1 aromatic heterocycles. The van der Waals surface area contributed by atoms with Gasteiger partial charge in [0.15, 0.2) is 0 Å². The quantitative estimate of drug-likeness (QED) is 0.773. The molecule has 0 radical (unpaired) electrons. The van der Waals surface area contributed by atoms with Crippen LogP contribution in [-0.4, -0.2) is 9.55 Å². The molecular formula is C10H19N3. The molecule has 0 bridgehead atoms. The summed E-state index contributed by atoms with van der Waals surface area (Å²) in [7, 11) is 0. The van der Waals surface area contributed by atoms with E-state index in [0.717, 1.165) is 30.3 Å². The highest BCUT2D eigenvalue weighted by Crippen LogP contribution is 2.15. The minimum absolute atomic E-state index is 0.855. The van der Waals surface area contributed by atoms with E-state index < -0.39 is 0 Å². The first kappa shape index (κ1) is 10.1. The molecule has 0 unspecified atom stereocenters. The Kier molecular flexibility index (Phi) is 3.34. The molecule has 0 atom stereocenters. The van der Waals surface area contributed by atoms with E-state index in [1.807, 2.05) is 6.92 Å². The summed E-state index contributed by atoms with van der Waals surface area (Å²) in [5.41, 5.74) is 7.03. The monoisotopic (exact) mass is 181 g/mol. The topological polar surface area (TPSA) is 43.8 Å². The van der Waals surface area contributed by atoms with Crippen LogP contribution in [0.1, 0.15) is 38.2 Å². The molecule has 0 spiro atoms. The molecule has 0 saturated heterocycles. The Balaban J connectivity index is 2.83. The largest absolute Gasteiger partial charge is 0.384 e. The van der Waals surface area contributed by atoms with E-state index in [4.69, 9.17) is 5.73 Å². The number of aryl methyl sites for hydroxylation is 2. The lowest BCUT2D eigenvalue weighted by Crippen LogP contribution is -2.03. The number of aromatic nitrogens is 2. The summed E-state index contributed by atoms with van der Waals surface area (Å²) in [5, 5.41) is 0. The van der Waals surface area contributed by atoms with Gasteiger partial charge < -0.3 is 10.3 Å². The zero-order valence-corrected chi connectivity index (χ0v) is 8.80. The molecule has 0 aliphatic heterocycles. The van der Waals surface area contributed by atoms with Crippen molar-refractivity contribution in [1.82, 2.24) is 9.55 Å². The average molecular weight is 181 g/mol. The Morgan fingerprint density at radius 2 is 2.08 bits per heavy atom. The first-order chi connectivity index (χ1) is 6.20. The van der Waals surface area contributed by atoms with E-state index in [1.165, 1.54) is 12.8 Å². The van der Waals surface area contributed by atoms with Crippen molar-refractivity contribution in [2.45, 2.75) is 46.6 Å². The van der Waals surface area contributed by atoms with E-state index in [0.29, 0.717) is 0 Å². The minimum atomic E-state index is 0.855. The third kappa shape index (κ3) is 2.02. The summed E-state index contributed by atoms with van der Waals surface area (Å²) in [6.07, 6.45) is 3.37. The maximum Gasteiger partial charge on any atom is 0.126 e. The molecule has 0 saturated carbocycles. The Morgan fingerprint density at radius 3 is 2.54 bits per heavy atom. The summed E-state index contributed by atoms with van der Waals surface area (Å²) in [6.45, 7) is 7.20. The highest BCUT2D eigenvalue weighted by molar-refractivity contribution is 5.38. The lowest BCUT2D eigenvalue weighted by atomic mass is 10.2. The van der Waals surface area contributed by atoms with Crippen molar-refractivity contribution in [3.63, 3.8) is 0 Å². The van der Waals surface area contributed by atoms with Gasteiger partial charge in [-0.15, -0.1) is 0 Å². The molecule has 13 heavy (non-hydrogen) atoms. The van der Waals surface area contributed by atoms with Crippen molar-refractivity contribution < 1.29 is 0 Å². The van der Waals surface area contributed by atoms with Crippen LogP contribution in [0.15, 0.2) is 0 Å². The molecule has 0 aliphatic rings. The Labute approximate surface area is 80.0 Å². The Bertz CT molecular complexity index is 276. The Hall–Kier alpha value is -0.990. The van der Waals surface area contributed by atoms with E-state index in [-0.39, 0.29) is 0 Å². The number of nitrogen functional groups attached to an aromatic ring is 1. The second-order valence-electron chi connectivity index (χ2n) is 3.34. The number of nitrogens with two attached hydrogens (primary N) is 1. The Morgan fingerprint density at radius 1 is 1.38 bits per heavy atom. The fraction of sp³-hybridized carbons (Fsp3) is 0.700. The van der Waals surface area contributed by atoms with Gasteiger partial charge in [-0.3, -0.25) is 0 Å². The number of nitrogens with zero attached hydrogens (tertiary/aromatic N) is 2. The van der Waals surface area contributed by atoms with Crippen LogP contribution in [0.4, 0.5) is 5.82 Å². The third-order valence-corrected chi connectivity index (χ3v) is 2.36. The fourth-order valence-corrected chi connectivity index (χ4v) is 1.57. The SMILES string of the molecule is CCCCc1nc(C)n(CC)c1N. The van der Waals surface area contributed by atoms with E-state index in [9.17, 15) is 0 Å². The predicted molar refractivity (Wildman–Crippen MR) is 55.7 cm³/mol. The van der Waals surface area contributed by atoms with Gasteiger partial charge in [0.05, 0.1) is 5.69 Å². The van der Waals surface area contributed by atoms with Crippen LogP contribution < -0.4 is 5.73 Å². The number of hydrogen-bond donors (Lipinski definition) is 1.